The number of hydrogen-bond acceptors (Lipinski definition) is 6. The lowest BCUT2D eigenvalue weighted by Crippen LogP contribution is -2.27. The first-order chi connectivity index (χ1) is 15.4. The third-order valence-corrected chi connectivity index (χ3v) is 8.28. The van der Waals surface area contributed by atoms with Crippen molar-refractivity contribution in [3.63, 3.8) is 0 Å². The summed E-state index contributed by atoms with van der Waals surface area (Å²) in [5.41, 5.74) is 1.47. The average molecular weight is 472 g/mol. The van der Waals surface area contributed by atoms with Gasteiger partial charge in [0.2, 0.25) is 15.9 Å². The summed E-state index contributed by atoms with van der Waals surface area (Å²) in [6.07, 6.45) is 1.76. The van der Waals surface area contributed by atoms with E-state index in [4.69, 9.17) is 0 Å². The van der Waals surface area contributed by atoms with E-state index < -0.39 is 10.0 Å². The van der Waals surface area contributed by atoms with Crippen LogP contribution in [0.25, 0.3) is 17.1 Å². The second-order valence-electron chi connectivity index (χ2n) is 7.49. The van der Waals surface area contributed by atoms with E-state index in [1.807, 2.05) is 41.0 Å². The molecule has 32 heavy (non-hydrogen) atoms. The number of sulfonamides is 1. The Morgan fingerprint density at radius 1 is 1.06 bits per heavy atom. The summed E-state index contributed by atoms with van der Waals surface area (Å²) in [6, 6.07) is 16.4. The van der Waals surface area contributed by atoms with Crippen molar-refractivity contribution < 1.29 is 13.2 Å². The highest BCUT2D eigenvalue weighted by atomic mass is 32.2. The predicted molar refractivity (Wildman–Crippen MR) is 124 cm³/mol. The molecule has 1 amide bonds. The van der Waals surface area contributed by atoms with Crippen molar-refractivity contribution in [3.8, 4) is 17.1 Å². The Labute approximate surface area is 192 Å². The molecule has 1 atom stereocenters. The van der Waals surface area contributed by atoms with Crippen molar-refractivity contribution in [3.05, 3.63) is 54.6 Å². The summed E-state index contributed by atoms with van der Waals surface area (Å²) in [5, 5.41) is 11.5. The third kappa shape index (κ3) is 4.43. The summed E-state index contributed by atoms with van der Waals surface area (Å²) in [6.45, 7) is 2.90. The largest absolute Gasteiger partial charge is 0.358 e. The molecule has 1 saturated heterocycles. The summed E-state index contributed by atoms with van der Waals surface area (Å²) >= 11 is 1.29. The zero-order valence-electron chi connectivity index (χ0n) is 17.9. The minimum absolute atomic E-state index is 0.113. The van der Waals surface area contributed by atoms with E-state index in [0.717, 1.165) is 18.5 Å². The predicted octanol–water partition coefficient (Wildman–Crippen LogP) is 2.95. The quantitative estimate of drug-likeness (QED) is 0.532. The number of amides is 1. The van der Waals surface area contributed by atoms with Crippen LogP contribution in [-0.4, -0.2) is 58.8 Å². The molecule has 8 nitrogen and oxygen atoms in total. The number of benzene rings is 2. The van der Waals surface area contributed by atoms with Gasteiger partial charge < -0.3 is 5.32 Å². The van der Waals surface area contributed by atoms with Gasteiger partial charge in [-0.05, 0) is 44.0 Å². The maximum absolute atomic E-state index is 13.1. The van der Waals surface area contributed by atoms with Gasteiger partial charge in [0.15, 0.2) is 11.0 Å². The molecule has 0 bridgehead atoms. The third-order valence-electron chi connectivity index (χ3n) is 5.34. The maximum atomic E-state index is 13.1. The molecule has 1 aliphatic heterocycles. The van der Waals surface area contributed by atoms with Gasteiger partial charge in [0.1, 0.15) is 0 Å². The van der Waals surface area contributed by atoms with E-state index in [1.165, 1.54) is 16.1 Å². The standard InChI is InChI=1S/C22H25N5O3S2/c1-16(21(28)23-2)31-22-25-24-20(27(22)18-10-4-3-5-11-18)17-9-8-12-19(15-17)32(29,30)26-13-6-7-14-26/h3-5,8-12,15-16H,6-7,13-14H2,1-2H3,(H,23,28)/t16-/m1/s1. The molecule has 3 aromatic rings. The second kappa shape index (κ2) is 9.43. The molecule has 1 aromatic heterocycles. The van der Waals surface area contributed by atoms with Crippen LogP contribution in [-0.2, 0) is 14.8 Å². The van der Waals surface area contributed by atoms with Gasteiger partial charge >= 0.3 is 0 Å². The summed E-state index contributed by atoms with van der Waals surface area (Å²) in [4.78, 5) is 12.3. The van der Waals surface area contributed by atoms with Gasteiger partial charge in [-0.1, -0.05) is 42.1 Å². The van der Waals surface area contributed by atoms with Crippen molar-refractivity contribution in [2.75, 3.05) is 20.1 Å². The van der Waals surface area contributed by atoms with Crippen LogP contribution in [0.5, 0.6) is 0 Å². The van der Waals surface area contributed by atoms with Crippen LogP contribution in [0.1, 0.15) is 19.8 Å². The molecule has 168 valence electrons. The highest BCUT2D eigenvalue weighted by Crippen LogP contribution is 2.31. The van der Waals surface area contributed by atoms with Gasteiger partial charge in [0.05, 0.1) is 10.1 Å². The van der Waals surface area contributed by atoms with Crippen LogP contribution < -0.4 is 5.32 Å². The zero-order valence-corrected chi connectivity index (χ0v) is 19.6. The van der Waals surface area contributed by atoms with Crippen LogP contribution in [0.3, 0.4) is 0 Å². The molecule has 1 N–H and O–H groups in total. The topological polar surface area (TPSA) is 97.2 Å². The molecule has 0 aliphatic carbocycles. The molecule has 10 heteroatoms. The number of hydrogen-bond donors (Lipinski definition) is 1. The van der Waals surface area contributed by atoms with Gasteiger partial charge in [-0.25, -0.2) is 8.42 Å². The van der Waals surface area contributed by atoms with Crippen molar-refractivity contribution >= 4 is 27.7 Å². The number of nitrogens with zero attached hydrogens (tertiary/aromatic N) is 4. The first-order valence-corrected chi connectivity index (χ1v) is 12.7. The first-order valence-electron chi connectivity index (χ1n) is 10.4. The van der Waals surface area contributed by atoms with E-state index >= 15 is 0 Å². The maximum Gasteiger partial charge on any atom is 0.243 e. The zero-order chi connectivity index (χ0) is 22.7. The molecular weight excluding hydrogens is 446 g/mol. The number of rotatable bonds is 7. The summed E-state index contributed by atoms with van der Waals surface area (Å²) < 4.78 is 29.5. The molecule has 1 fully saturated rings. The minimum Gasteiger partial charge on any atom is -0.358 e. The summed E-state index contributed by atoms with van der Waals surface area (Å²) in [5.74, 6) is 0.402. The van der Waals surface area contributed by atoms with Crippen molar-refractivity contribution in [1.29, 1.82) is 0 Å². The van der Waals surface area contributed by atoms with E-state index in [0.29, 0.717) is 29.6 Å². The monoisotopic (exact) mass is 471 g/mol. The summed E-state index contributed by atoms with van der Waals surface area (Å²) in [7, 11) is -1.96. The van der Waals surface area contributed by atoms with Crippen LogP contribution in [0, 0.1) is 0 Å². The number of carbonyl (C=O) groups excluding carboxylic acids is 1. The van der Waals surface area contributed by atoms with E-state index in [1.54, 1.807) is 32.2 Å². The average Bonchev–Trinajstić information content (AvgIpc) is 3.50. The lowest BCUT2D eigenvalue weighted by molar-refractivity contribution is -0.119. The fourth-order valence-corrected chi connectivity index (χ4v) is 6.12. The number of para-hydroxylation sites is 1. The number of thioether (sulfide) groups is 1. The SMILES string of the molecule is CNC(=O)[C@@H](C)Sc1nnc(-c2cccc(S(=O)(=O)N3CCCC3)c2)n1-c1ccccc1. The Hall–Kier alpha value is -2.69. The molecule has 0 radical (unpaired) electrons. The fourth-order valence-electron chi connectivity index (χ4n) is 3.63. The number of nitrogens with one attached hydrogen (secondary N) is 1. The molecular formula is C22H25N5O3S2. The Balaban J connectivity index is 1.78. The van der Waals surface area contributed by atoms with Crippen molar-refractivity contribution in [2.24, 2.45) is 0 Å². The van der Waals surface area contributed by atoms with Gasteiger partial charge in [-0.15, -0.1) is 10.2 Å². The van der Waals surface area contributed by atoms with Crippen LogP contribution >= 0.6 is 11.8 Å². The normalized spacial score (nSPS) is 15.6. The molecule has 0 unspecified atom stereocenters. The van der Waals surface area contributed by atoms with Crippen LogP contribution in [0.2, 0.25) is 0 Å². The molecule has 2 heterocycles. The van der Waals surface area contributed by atoms with E-state index in [9.17, 15) is 13.2 Å². The van der Waals surface area contributed by atoms with Crippen molar-refractivity contribution in [1.82, 2.24) is 24.4 Å². The molecule has 2 aromatic carbocycles. The molecule has 4 rings (SSSR count). The highest BCUT2D eigenvalue weighted by Gasteiger charge is 2.28. The Bertz CT molecular complexity index is 1210. The lowest BCUT2D eigenvalue weighted by Gasteiger charge is -2.16. The van der Waals surface area contributed by atoms with Gasteiger partial charge in [0, 0.05) is 31.4 Å². The van der Waals surface area contributed by atoms with E-state index in [2.05, 4.69) is 15.5 Å². The minimum atomic E-state index is -3.56. The fraction of sp³-hybridized carbons (Fsp3) is 0.318. The lowest BCUT2D eigenvalue weighted by atomic mass is 10.2. The van der Waals surface area contributed by atoms with Crippen LogP contribution in [0.4, 0.5) is 0 Å². The Kier molecular flexibility index (Phi) is 6.63. The highest BCUT2D eigenvalue weighted by molar-refractivity contribution is 8.00. The Morgan fingerprint density at radius 3 is 2.47 bits per heavy atom. The molecule has 0 spiro atoms. The van der Waals surface area contributed by atoms with Gasteiger partial charge in [0.25, 0.3) is 0 Å². The van der Waals surface area contributed by atoms with E-state index in [-0.39, 0.29) is 16.1 Å². The number of carbonyl (C=O) groups is 1. The smallest absolute Gasteiger partial charge is 0.243 e. The Morgan fingerprint density at radius 2 is 1.78 bits per heavy atom. The first kappa shape index (κ1) is 22.5. The molecule has 0 saturated carbocycles. The number of aromatic nitrogens is 3. The van der Waals surface area contributed by atoms with Crippen molar-refractivity contribution in [2.45, 2.75) is 35.1 Å². The second-order valence-corrected chi connectivity index (χ2v) is 10.7. The van der Waals surface area contributed by atoms with Gasteiger partial charge in [-0.2, -0.15) is 4.31 Å². The van der Waals surface area contributed by atoms with Crippen LogP contribution in [0.15, 0.2) is 64.6 Å². The van der Waals surface area contributed by atoms with Gasteiger partial charge in [-0.3, -0.25) is 9.36 Å². The molecule has 1 aliphatic rings.